The number of piperazine rings is 1. The number of likely N-dealkylation sites (N-methyl/N-ethyl adjacent to an activating group) is 1. The largest absolute Gasteiger partial charge is 0.353 e. The van der Waals surface area contributed by atoms with Gasteiger partial charge in [0.25, 0.3) is 0 Å². The molecule has 0 radical (unpaired) electrons. The summed E-state index contributed by atoms with van der Waals surface area (Å²) in [6, 6.07) is 14.7. The minimum Gasteiger partial charge on any atom is -0.353 e. The highest BCUT2D eigenvalue weighted by Crippen LogP contribution is 2.16. The van der Waals surface area contributed by atoms with E-state index in [9.17, 15) is 0 Å². The van der Waals surface area contributed by atoms with Crippen LogP contribution in [0.2, 0.25) is 0 Å². The summed E-state index contributed by atoms with van der Waals surface area (Å²) in [5.74, 6) is 1.58. The van der Waals surface area contributed by atoms with Crippen molar-refractivity contribution in [3.63, 3.8) is 0 Å². The maximum absolute atomic E-state index is 4.77. The highest BCUT2D eigenvalue weighted by atomic mass is 15.4. The van der Waals surface area contributed by atoms with Gasteiger partial charge in [-0.1, -0.05) is 30.3 Å². The highest BCUT2D eigenvalue weighted by molar-refractivity contribution is 5.41. The van der Waals surface area contributed by atoms with Gasteiger partial charge in [-0.15, -0.1) is 5.10 Å². The van der Waals surface area contributed by atoms with Gasteiger partial charge in [0.15, 0.2) is 5.82 Å². The molecule has 29 heavy (non-hydrogen) atoms. The van der Waals surface area contributed by atoms with Crippen molar-refractivity contribution in [3.8, 4) is 0 Å². The number of hydrogen-bond acceptors (Lipinski definition) is 7. The van der Waals surface area contributed by atoms with Gasteiger partial charge in [-0.2, -0.15) is 10.1 Å². The molecule has 1 saturated heterocycles. The first-order valence-corrected chi connectivity index (χ1v) is 10.1. The summed E-state index contributed by atoms with van der Waals surface area (Å²) in [4.78, 5) is 15.7. The number of rotatable bonds is 7. The Morgan fingerprint density at radius 3 is 2.45 bits per heavy atom. The van der Waals surface area contributed by atoms with E-state index in [4.69, 9.17) is 4.98 Å². The Balaban J connectivity index is 1.31. The van der Waals surface area contributed by atoms with Crippen LogP contribution in [0.5, 0.6) is 0 Å². The molecule has 4 rings (SSSR count). The molecular weight excluding hydrogens is 362 g/mol. The molecule has 1 fully saturated rings. The van der Waals surface area contributed by atoms with Gasteiger partial charge in [-0.05, 0) is 29.7 Å². The second-order valence-corrected chi connectivity index (χ2v) is 7.39. The Morgan fingerprint density at radius 1 is 0.931 bits per heavy atom. The molecule has 2 aromatic heterocycles. The maximum atomic E-state index is 4.77. The van der Waals surface area contributed by atoms with Crippen molar-refractivity contribution in [3.05, 3.63) is 72.2 Å². The molecule has 0 atom stereocenters. The molecule has 1 aliphatic heterocycles. The van der Waals surface area contributed by atoms with E-state index in [0.29, 0.717) is 5.95 Å². The predicted molar refractivity (Wildman–Crippen MR) is 115 cm³/mol. The van der Waals surface area contributed by atoms with Crippen molar-refractivity contribution in [1.82, 2.24) is 25.1 Å². The normalized spacial score (nSPS) is 14.7. The van der Waals surface area contributed by atoms with E-state index in [-0.39, 0.29) is 0 Å². The van der Waals surface area contributed by atoms with E-state index >= 15 is 0 Å². The molecule has 0 saturated carbocycles. The van der Waals surface area contributed by atoms with Crippen LogP contribution < -0.4 is 9.80 Å². The van der Waals surface area contributed by atoms with Crippen molar-refractivity contribution in [2.75, 3.05) is 49.6 Å². The number of benzene rings is 1. The van der Waals surface area contributed by atoms with Gasteiger partial charge < -0.3 is 9.80 Å². The first-order chi connectivity index (χ1) is 14.3. The lowest BCUT2D eigenvalue weighted by Crippen LogP contribution is -2.46. The first kappa shape index (κ1) is 19.3. The minimum atomic E-state index is 0.670. The molecule has 1 aliphatic rings. The monoisotopic (exact) mass is 389 g/mol. The van der Waals surface area contributed by atoms with Gasteiger partial charge in [0.1, 0.15) is 0 Å². The lowest BCUT2D eigenvalue weighted by atomic mass is 10.2. The zero-order chi connectivity index (χ0) is 19.9. The molecule has 3 aromatic rings. The summed E-state index contributed by atoms with van der Waals surface area (Å²) in [6.07, 6.45) is 6.34. The second-order valence-electron chi connectivity index (χ2n) is 7.39. The van der Waals surface area contributed by atoms with E-state index in [1.165, 1.54) is 11.1 Å². The molecule has 0 bridgehead atoms. The highest BCUT2D eigenvalue weighted by Gasteiger charge is 2.19. The van der Waals surface area contributed by atoms with Crippen LogP contribution in [0.15, 0.2) is 61.1 Å². The number of pyridine rings is 1. The van der Waals surface area contributed by atoms with Gasteiger partial charge in [0.05, 0.1) is 6.20 Å². The van der Waals surface area contributed by atoms with Gasteiger partial charge in [0.2, 0.25) is 5.95 Å². The summed E-state index contributed by atoms with van der Waals surface area (Å²) >= 11 is 0. The minimum absolute atomic E-state index is 0.670. The lowest BCUT2D eigenvalue weighted by molar-refractivity contribution is 0.249. The van der Waals surface area contributed by atoms with Gasteiger partial charge in [-0.3, -0.25) is 9.88 Å². The molecule has 7 nitrogen and oxygen atoms in total. The van der Waals surface area contributed by atoms with E-state index in [1.54, 1.807) is 6.20 Å². The summed E-state index contributed by atoms with van der Waals surface area (Å²) < 4.78 is 0. The molecule has 3 heterocycles. The quantitative estimate of drug-likeness (QED) is 0.614. The SMILES string of the molecule is CN(CCc1ccncc1)c1nncc(N2CCN(Cc3ccccc3)CC2)n1. The Labute approximate surface area is 172 Å². The number of anilines is 2. The van der Waals surface area contributed by atoms with Gasteiger partial charge >= 0.3 is 0 Å². The van der Waals surface area contributed by atoms with E-state index < -0.39 is 0 Å². The van der Waals surface area contributed by atoms with Crippen LogP contribution in [0.25, 0.3) is 0 Å². The molecule has 0 unspecified atom stereocenters. The van der Waals surface area contributed by atoms with Crippen molar-refractivity contribution in [2.24, 2.45) is 0 Å². The zero-order valence-electron chi connectivity index (χ0n) is 16.9. The van der Waals surface area contributed by atoms with Crippen LogP contribution in [-0.2, 0) is 13.0 Å². The third-order valence-corrected chi connectivity index (χ3v) is 5.31. The Bertz CT molecular complexity index is 880. The number of aromatic nitrogens is 4. The topological polar surface area (TPSA) is 61.3 Å². The summed E-state index contributed by atoms with van der Waals surface area (Å²) in [5, 5.41) is 8.44. The van der Waals surface area contributed by atoms with Crippen LogP contribution in [0, 0.1) is 0 Å². The molecule has 0 N–H and O–H groups in total. The summed E-state index contributed by atoms with van der Waals surface area (Å²) in [7, 11) is 2.01. The fourth-order valence-electron chi connectivity index (χ4n) is 3.52. The Hall–Kier alpha value is -3.06. The van der Waals surface area contributed by atoms with Crippen LogP contribution in [0.3, 0.4) is 0 Å². The van der Waals surface area contributed by atoms with Crippen LogP contribution in [0.4, 0.5) is 11.8 Å². The maximum Gasteiger partial charge on any atom is 0.247 e. The summed E-state index contributed by atoms with van der Waals surface area (Å²) in [6.45, 7) is 5.77. The van der Waals surface area contributed by atoms with E-state index in [2.05, 4.69) is 60.2 Å². The molecule has 1 aromatic carbocycles. The fraction of sp³-hybridized carbons (Fsp3) is 0.364. The molecule has 7 heteroatoms. The molecule has 0 amide bonds. The van der Waals surface area contributed by atoms with Crippen molar-refractivity contribution >= 4 is 11.8 Å². The Morgan fingerprint density at radius 2 is 1.69 bits per heavy atom. The molecule has 0 spiro atoms. The van der Waals surface area contributed by atoms with Crippen LogP contribution in [-0.4, -0.2) is 64.8 Å². The van der Waals surface area contributed by atoms with Crippen molar-refractivity contribution in [1.29, 1.82) is 0 Å². The third kappa shape index (κ3) is 5.26. The predicted octanol–water partition coefficient (Wildman–Crippen LogP) is 2.27. The smallest absolute Gasteiger partial charge is 0.247 e. The van der Waals surface area contributed by atoms with E-state index in [0.717, 1.165) is 51.5 Å². The standard InChI is InChI=1S/C22H27N7/c1-27(12-9-19-7-10-23-11-8-19)22-25-21(17-24-26-22)29-15-13-28(14-16-29)18-20-5-3-2-4-6-20/h2-8,10-11,17H,9,12-16,18H2,1H3. The van der Waals surface area contributed by atoms with Gasteiger partial charge in [0, 0.05) is 58.7 Å². The fourth-order valence-corrected chi connectivity index (χ4v) is 3.52. The zero-order valence-corrected chi connectivity index (χ0v) is 16.9. The second kappa shape index (κ2) is 9.43. The number of hydrogen-bond donors (Lipinski definition) is 0. The van der Waals surface area contributed by atoms with Crippen LogP contribution >= 0.6 is 0 Å². The average molecular weight is 390 g/mol. The molecular formula is C22H27N7. The first-order valence-electron chi connectivity index (χ1n) is 10.1. The third-order valence-electron chi connectivity index (χ3n) is 5.31. The van der Waals surface area contributed by atoms with Gasteiger partial charge in [-0.25, -0.2) is 0 Å². The summed E-state index contributed by atoms with van der Waals surface area (Å²) in [5.41, 5.74) is 2.62. The average Bonchev–Trinajstić information content (AvgIpc) is 2.79. The number of nitrogens with zero attached hydrogens (tertiary/aromatic N) is 7. The molecule has 0 aliphatic carbocycles. The Kier molecular flexibility index (Phi) is 6.26. The lowest BCUT2D eigenvalue weighted by Gasteiger charge is -2.35. The van der Waals surface area contributed by atoms with Crippen LogP contribution in [0.1, 0.15) is 11.1 Å². The van der Waals surface area contributed by atoms with Crippen molar-refractivity contribution < 1.29 is 0 Å². The van der Waals surface area contributed by atoms with Crippen molar-refractivity contribution in [2.45, 2.75) is 13.0 Å². The molecule has 150 valence electrons. The van der Waals surface area contributed by atoms with E-state index in [1.807, 2.05) is 31.6 Å².